The van der Waals surface area contributed by atoms with E-state index in [0.717, 1.165) is 30.8 Å². The second-order valence-corrected chi connectivity index (χ2v) is 7.38. The minimum Gasteiger partial charge on any atom is -0.274 e. The molecule has 2 aromatic carbocycles. The second-order valence-electron chi connectivity index (χ2n) is 5.61. The zero-order valence-electron chi connectivity index (χ0n) is 12.9. The first-order chi connectivity index (χ1) is 12.0. The Bertz CT molecular complexity index is 1150. The average Bonchev–Trinajstić information content (AvgIpc) is 2.88. The molecule has 4 aromatic rings. The van der Waals surface area contributed by atoms with Crippen molar-refractivity contribution in [1.82, 2.24) is 14.8 Å². The minimum atomic E-state index is -0.307. The number of aromatic nitrogens is 3. The smallest absolute Gasteiger partial charge is 0.229 e. The van der Waals surface area contributed by atoms with Gasteiger partial charge in [-0.3, -0.25) is 9.36 Å². The van der Waals surface area contributed by atoms with Gasteiger partial charge in [0.05, 0.1) is 11.2 Å². The molecule has 0 unspecified atom stereocenters. The maximum Gasteiger partial charge on any atom is 0.229 e. The molecule has 0 fully saturated rings. The van der Waals surface area contributed by atoms with E-state index >= 15 is 0 Å². The summed E-state index contributed by atoms with van der Waals surface area (Å²) in [7, 11) is 0. The van der Waals surface area contributed by atoms with Gasteiger partial charge in [-0.05, 0) is 42.5 Å². The van der Waals surface area contributed by atoms with Crippen molar-refractivity contribution >= 4 is 59.7 Å². The Kier molecular flexibility index (Phi) is 3.92. The van der Waals surface area contributed by atoms with Crippen LogP contribution in [0.1, 0.15) is 11.7 Å². The monoisotopic (exact) mass is 461 g/mol. The van der Waals surface area contributed by atoms with Gasteiger partial charge in [0.1, 0.15) is 5.82 Å². The molecule has 0 saturated carbocycles. The van der Waals surface area contributed by atoms with E-state index in [0.29, 0.717) is 11.3 Å². The highest BCUT2D eigenvalue weighted by Crippen LogP contribution is 2.37. The van der Waals surface area contributed by atoms with Crippen molar-refractivity contribution in [2.75, 3.05) is 0 Å². The lowest BCUT2D eigenvalue weighted by Crippen LogP contribution is -2.06. The molecule has 0 aliphatic heterocycles. The molecule has 0 aliphatic carbocycles. The molecular formula is C18H10Br2FN3O. The number of fused-ring (bicyclic) bond motifs is 3. The lowest BCUT2D eigenvalue weighted by molar-refractivity contribution is 0.0945. The summed E-state index contributed by atoms with van der Waals surface area (Å²) in [6, 6.07) is 11.7. The van der Waals surface area contributed by atoms with E-state index in [1.165, 1.54) is 19.1 Å². The van der Waals surface area contributed by atoms with Crippen LogP contribution in [0.3, 0.4) is 0 Å². The quantitative estimate of drug-likeness (QED) is 0.371. The molecule has 2 heterocycles. The second kappa shape index (κ2) is 6.00. The third-order valence-corrected chi connectivity index (χ3v) is 5.07. The van der Waals surface area contributed by atoms with Crippen molar-refractivity contribution in [3.8, 4) is 11.3 Å². The van der Waals surface area contributed by atoms with Crippen molar-refractivity contribution in [2.24, 2.45) is 0 Å². The predicted octanol–water partition coefficient (Wildman–Crippen LogP) is 5.58. The van der Waals surface area contributed by atoms with E-state index < -0.39 is 0 Å². The third-order valence-electron chi connectivity index (χ3n) is 3.99. The SMILES string of the molecule is CC(=O)n1c2cc(Br)cc(Br)c2c2cc(-c3ccc(F)cc3)nnc21. The summed E-state index contributed by atoms with van der Waals surface area (Å²) in [5.74, 6) is -0.451. The van der Waals surface area contributed by atoms with Crippen LogP contribution in [0.5, 0.6) is 0 Å². The first kappa shape index (κ1) is 16.4. The van der Waals surface area contributed by atoms with Crippen LogP contribution in [-0.4, -0.2) is 20.7 Å². The maximum atomic E-state index is 13.2. The van der Waals surface area contributed by atoms with Crippen LogP contribution in [0.25, 0.3) is 33.2 Å². The lowest BCUT2D eigenvalue weighted by atomic mass is 10.1. The summed E-state index contributed by atoms with van der Waals surface area (Å²) in [4.78, 5) is 12.2. The van der Waals surface area contributed by atoms with Gasteiger partial charge < -0.3 is 0 Å². The van der Waals surface area contributed by atoms with Gasteiger partial charge in [0.25, 0.3) is 0 Å². The predicted molar refractivity (Wildman–Crippen MR) is 102 cm³/mol. The Morgan fingerprint density at radius 1 is 1.08 bits per heavy atom. The molecule has 4 nitrogen and oxygen atoms in total. The van der Waals surface area contributed by atoms with Crippen LogP contribution in [0, 0.1) is 5.82 Å². The van der Waals surface area contributed by atoms with Gasteiger partial charge in [0.15, 0.2) is 5.65 Å². The number of halogens is 3. The Hall–Kier alpha value is -2.12. The zero-order valence-corrected chi connectivity index (χ0v) is 16.1. The van der Waals surface area contributed by atoms with Crippen LogP contribution in [0.2, 0.25) is 0 Å². The number of hydrogen-bond acceptors (Lipinski definition) is 3. The summed E-state index contributed by atoms with van der Waals surface area (Å²) < 4.78 is 16.4. The Balaban J connectivity index is 2.09. The first-order valence-corrected chi connectivity index (χ1v) is 8.98. The molecule has 2 aromatic heterocycles. The van der Waals surface area contributed by atoms with Gasteiger partial charge in [-0.25, -0.2) is 4.39 Å². The molecule has 0 radical (unpaired) electrons. The number of benzene rings is 2. The van der Waals surface area contributed by atoms with Gasteiger partial charge in [-0.15, -0.1) is 10.2 Å². The molecule has 4 rings (SSSR count). The van der Waals surface area contributed by atoms with Crippen LogP contribution in [0.15, 0.2) is 51.4 Å². The summed E-state index contributed by atoms with van der Waals surface area (Å²) in [5, 5.41) is 10.2. The molecule has 0 bridgehead atoms. The summed E-state index contributed by atoms with van der Waals surface area (Å²) in [6.45, 7) is 1.49. The topological polar surface area (TPSA) is 47.8 Å². The molecule has 0 N–H and O–H groups in total. The number of nitrogens with zero attached hydrogens (tertiary/aromatic N) is 3. The standard InChI is InChI=1S/C18H10Br2FN3O/c1-9(25)24-16-7-11(19)6-14(20)17(16)13-8-15(22-23-18(13)24)10-2-4-12(21)5-3-10/h2-8H,1H3. The van der Waals surface area contributed by atoms with Gasteiger partial charge in [0, 0.05) is 32.2 Å². The highest BCUT2D eigenvalue weighted by Gasteiger charge is 2.19. The van der Waals surface area contributed by atoms with E-state index in [9.17, 15) is 9.18 Å². The Morgan fingerprint density at radius 3 is 2.48 bits per heavy atom. The van der Waals surface area contributed by atoms with Gasteiger partial charge >= 0.3 is 0 Å². The molecule has 25 heavy (non-hydrogen) atoms. The molecule has 0 amide bonds. The Labute approximate surface area is 158 Å². The van der Waals surface area contributed by atoms with Crippen LogP contribution >= 0.6 is 31.9 Å². The van der Waals surface area contributed by atoms with Crippen LogP contribution < -0.4 is 0 Å². The first-order valence-electron chi connectivity index (χ1n) is 7.39. The van der Waals surface area contributed by atoms with Crippen LogP contribution in [-0.2, 0) is 0 Å². The van der Waals surface area contributed by atoms with Crippen molar-refractivity contribution in [1.29, 1.82) is 0 Å². The summed E-state index contributed by atoms with van der Waals surface area (Å²) >= 11 is 7.02. The largest absolute Gasteiger partial charge is 0.274 e. The third kappa shape index (κ3) is 2.67. The summed E-state index contributed by atoms with van der Waals surface area (Å²) in [5.41, 5.74) is 2.61. The fourth-order valence-electron chi connectivity index (χ4n) is 2.93. The maximum absolute atomic E-state index is 13.2. The van der Waals surface area contributed by atoms with Crippen molar-refractivity contribution in [2.45, 2.75) is 6.92 Å². The van der Waals surface area contributed by atoms with E-state index in [1.807, 2.05) is 18.2 Å². The van der Waals surface area contributed by atoms with Crippen molar-refractivity contribution < 1.29 is 9.18 Å². The fraction of sp³-hybridized carbons (Fsp3) is 0.0556. The molecule has 7 heteroatoms. The molecule has 124 valence electrons. The number of carbonyl (C=O) groups excluding carboxylic acids is 1. The molecule has 0 spiro atoms. The molecular weight excluding hydrogens is 453 g/mol. The van der Waals surface area contributed by atoms with Gasteiger partial charge in [0.2, 0.25) is 5.91 Å². The summed E-state index contributed by atoms with van der Waals surface area (Å²) in [6.07, 6.45) is 0. The van der Waals surface area contributed by atoms with E-state index in [2.05, 4.69) is 42.1 Å². The van der Waals surface area contributed by atoms with Crippen molar-refractivity contribution in [3.05, 3.63) is 57.2 Å². The molecule has 0 aliphatic rings. The fourth-order valence-corrected chi connectivity index (χ4v) is 4.35. The number of carbonyl (C=O) groups is 1. The normalized spacial score (nSPS) is 11.4. The Morgan fingerprint density at radius 2 is 1.80 bits per heavy atom. The zero-order chi connectivity index (χ0) is 17.7. The van der Waals surface area contributed by atoms with E-state index in [-0.39, 0.29) is 11.7 Å². The van der Waals surface area contributed by atoms with Crippen molar-refractivity contribution in [3.63, 3.8) is 0 Å². The average molecular weight is 463 g/mol. The minimum absolute atomic E-state index is 0.145. The molecule has 0 saturated heterocycles. The van der Waals surface area contributed by atoms with Gasteiger partial charge in [-0.1, -0.05) is 31.9 Å². The number of rotatable bonds is 1. The highest BCUT2D eigenvalue weighted by molar-refractivity contribution is 9.11. The van der Waals surface area contributed by atoms with E-state index in [4.69, 9.17) is 0 Å². The van der Waals surface area contributed by atoms with Crippen LogP contribution in [0.4, 0.5) is 4.39 Å². The highest BCUT2D eigenvalue weighted by atomic mass is 79.9. The number of hydrogen-bond donors (Lipinski definition) is 0. The van der Waals surface area contributed by atoms with E-state index in [1.54, 1.807) is 16.7 Å². The lowest BCUT2D eigenvalue weighted by Gasteiger charge is -2.02. The van der Waals surface area contributed by atoms with Gasteiger partial charge in [-0.2, -0.15) is 0 Å². The molecule has 0 atom stereocenters.